The fourth-order valence-corrected chi connectivity index (χ4v) is 2.80. The predicted molar refractivity (Wildman–Crippen MR) is 68.5 cm³/mol. The minimum absolute atomic E-state index is 0.325. The summed E-state index contributed by atoms with van der Waals surface area (Å²) < 4.78 is 6.06. The lowest BCUT2D eigenvalue weighted by Gasteiger charge is -2.35. The fraction of sp³-hybridized carbons (Fsp3) is 0.571. The van der Waals surface area contributed by atoms with Crippen LogP contribution in [-0.4, -0.2) is 43.2 Å². The molecule has 0 aromatic heterocycles. The Morgan fingerprint density at radius 3 is 2.82 bits per heavy atom. The van der Waals surface area contributed by atoms with Crippen molar-refractivity contribution in [2.75, 3.05) is 26.2 Å². The van der Waals surface area contributed by atoms with Crippen LogP contribution in [0.1, 0.15) is 12.5 Å². The maximum atomic E-state index is 6.06. The van der Waals surface area contributed by atoms with Crippen LogP contribution >= 0.6 is 0 Å². The van der Waals surface area contributed by atoms with E-state index in [-0.39, 0.29) is 0 Å². The third-order valence-electron chi connectivity index (χ3n) is 3.94. The molecule has 3 rings (SSSR count). The number of hydrogen-bond donors (Lipinski definition) is 1. The molecular formula is C14H20N2O. The average Bonchev–Trinajstić information content (AvgIpc) is 2.82. The van der Waals surface area contributed by atoms with Crippen molar-refractivity contribution >= 4 is 0 Å². The van der Waals surface area contributed by atoms with E-state index in [1.807, 2.05) is 0 Å². The summed E-state index contributed by atoms with van der Waals surface area (Å²) in [5, 5.41) is 3.39. The second-order valence-electron chi connectivity index (χ2n) is 4.99. The minimum atomic E-state index is 0.325. The molecule has 1 N–H and O–H groups in total. The van der Waals surface area contributed by atoms with Crippen LogP contribution in [0.5, 0.6) is 5.75 Å². The molecule has 0 radical (unpaired) electrons. The van der Waals surface area contributed by atoms with Crippen LogP contribution in [0, 0.1) is 0 Å². The first kappa shape index (κ1) is 11.1. The summed E-state index contributed by atoms with van der Waals surface area (Å²) in [7, 11) is 0. The van der Waals surface area contributed by atoms with Gasteiger partial charge in [0, 0.05) is 38.6 Å². The summed E-state index contributed by atoms with van der Waals surface area (Å²) in [5.41, 5.74) is 1.36. The van der Waals surface area contributed by atoms with Gasteiger partial charge in [0.1, 0.15) is 11.9 Å². The maximum Gasteiger partial charge on any atom is 0.123 e. The van der Waals surface area contributed by atoms with Crippen molar-refractivity contribution in [2.45, 2.75) is 25.5 Å². The van der Waals surface area contributed by atoms with Gasteiger partial charge in [-0.3, -0.25) is 4.90 Å². The highest BCUT2D eigenvalue weighted by atomic mass is 16.5. The largest absolute Gasteiger partial charge is 0.488 e. The van der Waals surface area contributed by atoms with Crippen molar-refractivity contribution < 1.29 is 4.74 Å². The third kappa shape index (κ3) is 2.17. The highest BCUT2D eigenvalue weighted by Crippen LogP contribution is 2.30. The van der Waals surface area contributed by atoms with E-state index >= 15 is 0 Å². The van der Waals surface area contributed by atoms with E-state index in [0.717, 1.165) is 38.3 Å². The van der Waals surface area contributed by atoms with Gasteiger partial charge < -0.3 is 10.1 Å². The molecular weight excluding hydrogens is 212 g/mol. The van der Waals surface area contributed by atoms with E-state index in [2.05, 4.69) is 41.4 Å². The molecule has 2 atom stereocenters. The molecule has 0 spiro atoms. The number of piperazine rings is 1. The predicted octanol–water partition coefficient (Wildman–Crippen LogP) is 1.28. The molecule has 2 heterocycles. The van der Waals surface area contributed by atoms with Crippen LogP contribution in [0.25, 0.3) is 0 Å². The topological polar surface area (TPSA) is 24.5 Å². The standard InChI is InChI=1S/C14H20N2O/c1-11(16-8-6-15-7-9-16)14-10-12-4-2-3-5-13(12)17-14/h2-5,11,14-15H,6-10H2,1H3. The van der Waals surface area contributed by atoms with Crippen LogP contribution in [-0.2, 0) is 6.42 Å². The molecule has 2 aliphatic heterocycles. The highest BCUT2D eigenvalue weighted by Gasteiger charge is 2.31. The van der Waals surface area contributed by atoms with Crippen LogP contribution in [0.3, 0.4) is 0 Å². The number of fused-ring (bicyclic) bond motifs is 1. The van der Waals surface area contributed by atoms with Gasteiger partial charge in [-0.15, -0.1) is 0 Å². The Labute approximate surface area is 103 Å². The highest BCUT2D eigenvalue weighted by molar-refractivity contribution is 5.37. The Morgan fingerprint density at radius 1 is 1.29 bits per heavy atom. The van der Waals surface area contributed by atoms with Crippen molar-refractivity contribution in [3.05, 3.63) is 29.8 Å². The molecule has 0 amide bonds. The zero-order chi connectivity index (χ0) is 11.7. The van der Waals surface area contributed by atoms with E-state index < -0.39 is 0 Å². The third-order valence-corrected chi connectivity index (χ3v) is 3.94. The van der Waals surface area contributed by atoms with Crippen LogP contribution in [0.4, 0.5) is 0 Å². The molecule has 1 fully saturated rings. The van der Waals surface area contributed by atoms with E-state index in [0.29, 0.717) is 12.1 Å². The summed E-state index contributed by atoms with van der Waals surface area (Å²) in [5.74, 6) is 1.08. The van der Waals surface area contributed by atoms with Crippen molar-refractivity contribution in [2.24, 2.45) is 0 Å². The van der Waals surface area contributed by atoms with Crippen molar-refractivity contribution in [1.29, 1.82) is 0 Å². The summed E-state index contributed by atoms with van der Waals surface area (Å²) in [4.78, 5) is 2.53. The Morgan fingerprint density at radius 2 is 2.06 bits per heavy atom. The molecule has 17 heavy (non-hydrogen) atoms. The average molecular weight is 232 g/mol. The lowest BCUT2D eigenvalue weighted by atomic mass is 10.0. The van der Waals surface area contributed by atoms with Gasteiger partial charge in [0.2, 0.25) is 0 Å². The smallest absolute Gasteiger partial charge is 0.123 e. The number of ether oxygens (including phenoxy) is 1. The number of nitrogens with one attached hydrogen (secondary N) is 1. The van der Waals surface area contributed by atoms with Gasteiger partial charge in [0.05, 0.1) is 0 Å². The molecule has 2 unspecified atom stereocenters. The molecule has 0 bridgehead atoms. The van der Waals surface area contributed by atoms with Gasteiger partial charge in [0.25, 0.3) is 0 Å². The first-order chi connectivity index (χ1) is 8.34. The van der Waals surface area contributed by atoms with Crippen molar-refractivity contribution in [3.63, 3.8) is 0 Å². The van der Waals surface area contributed by atoms with Crippen molar-refractivity contribution in [3.8, 4) is 5.75 Å². The zero-order valence-electron chi connectivity index (χ0n) is 10.4. The van der Waals surface area contributed by atoms with Gasteiger partial charge in [-0.05, 0) is 18.6 Å². The number of hydrogen-bond acceptors (Lipinski definition) is 3. The lowest BCUT2D eigenvalue weighted by molar-refractivity contribution is 0.0815. The van der Waals surface area contributed by atoms with E-state index in [1.165, 1.54) is 5.56 Å². The first-order valence-corrected chi connectivity index (χ1v) is 6.54. The van der Waals surface area contributed by atoms with Gasteiger partial charge in [0.15, 0.2) is 0 Å². The SMILES string of the molecule is CC(C1Cc2ccccc2O1)N1CCNCC1. The fourth-order valence-electron chi connectivity index (χ4n) is 2.80. The molecule has 92 valence electrons. The Balaban J connectivity index is 1.67. The lowest BCUT2D eigenvalue weighted by Crippen LogP contribution is -2.52. The molecule has 2 aliphatic rings. The number of para-hydroxylation sites is 1. The Bertz CT molecular complexity index is 363. The van der Waals surface area contributed by atoms with Gasteiger partial charge in [-0.25, -0.2) is 0 Å². The molecule has 1 aromatic carbocycles. The molecule has 1 saturated heterocycles. The summed E-state index contributed by atoms with van der Waals surface area (Å²) in [6, 6.07) is 8.92. The molecule has 3 heteroatoms. The van der Waals surface area contributed by atoms with E-state index in [1.54, 1.807) is 0 Å². The van der Waals surface area contributed by atoms with Gasteiger partial charge in [-0.1, -0.05) is 18.2 Å². The zero-order valence-corrected chi connectivity index (χ0v) is 10.4. The Kier molecular flexibility index (Phi) is 3.04. The van der Waals surface area contributed by atoms with Crippen molar-refractivity contribution in [1.82, 2.24) is 10.2 Å². The van der Waals surface area contributed by atoms with E-state index in [9.17, 15) is 0 Å². The van der Waals surface area contributed by atoms with Gasteiger partial charge >= 0.3 is 0 Å². The van der Waals surface area contributed by atoms with E-state index in [4.69, 9.17) is 4.74 Å². The minimum Gasteiger partial charge on any atom is -0.488 e. The number of benzene rings is 1. The second kappa shape index (κ2) is 4.67. The number of nitrogens with zero attached hydrogens (tertiary/aromatic N) is 1. The van der Waals surface area contributed by atoms with Crippen LogP contribution < -0.4 is 10.1 Å². The van der Waals surface area contributed by atoms with Gasteiger partial charge in [-0.2, -0.15) is 0 Å². The maximum absolute atomic E-state index is 6.06. The monoisotopic (exact) mass is 232 g/mol. The number of rotatable bonds is 2. The quantitative estimate of drug-likeness (QED) is 0.831. The molecule has 3 nitrogen and oxygen atoms in total. The van der Waals surface area contributed by atoms with Crippen LogP contribution in [0.2, 0.25) is 0 Å². The summed E-state index contributed by atoms with van der Waals surface area (Å²) in [6.07, 6.45) is 1.38. The summed E-state index contributed by atoms with van der Waals surface area (Å²) in [6.45, 7) is 6.77. The normalized spacial score (nSPS) is 26.3. The Hall–Kier alpha value is -1.06. The second-order valence-corrected chi connectivity index (χ2v) is 4.99. The molecule has 0 aliphatic carbocycles. The first-order valence-electron chi connectivity index (χ1n) is 6.54. The van der Waals surface area contributed by atoms with Crippen LogP contribution in [0.15, 0.2) is 24.3 Å². The molecule has 0 saturated carbocycles. The molecule has 1 aromatic rings. The summed E-state index contributed by atoms with van der Waals surface area (Å²) >= 11 is 0.